The first-order valence-electron chi connectivity index (χ1n) is 11.2. The number of nitrogens with zero attached hydrogens (tertiary/aromatic N) is 2. The van der Waals surface area contributed by atoms with Gasteiger partial charge in [-0.05, 0) is 23.3 Å². The Morgan fingerprint density at radius 1 is 0.917 bits per heavy atom. The van der Waals surface area contributed by atoms with Gasteiger partial charge in [0.1, 0.15) is 16.8 Å². The van der Waals surface area contributed by atoms with E-state index in [4.69, 9.17) is 5.73 Å². The van der Waals surface area contributed by atoms with Crippen LogP contribution in [0.25, 0.3) is 32.6 Å². The molecule has 0 fully saturated rings. The number of nitrogens with one attached hydrogen (secondary N) is 1. The Hall–Kier alpha value is -3.63. The molecule has 0 saturated carbocycles. The predicted octanol–water partition coefficient (Wildman–Crippen LogP) is 4.79. The zero-order chi connectivity index (χ0) is 25.3. The third kappa shape index (κ3) is 4.74. The first-order chi connectivity index (χ1) is 17.3. The van der Waals surface area contributed by atoms with Crippen LogP contribution in [0.2, 0.25) is 0 Å². The van der Waals surface area contributed by atoms with Crippen LogP contribution in [-0.4, -0.2) is 30.0 Å². The van der Waals surface area contributed by atoms with Crippen molar-refractivity contribution in [1.82, 2.24) is 15.5 Å². The van der Waals surface area contributed by atoms with E-state index in [1.165, 1.54) is 17.6 Å². The van der Waals surface area contributed by atoms with Crippen LogP contribution < -0.4 is 11.1 Å². The van der Waals surface area contributed by atoms with Crippen molar-refractivity contribution in [3.8, 4) is 22.4 Å². The van der Waals surface area contributed by atoms with Gasteiger partial charge in [-0.1, -0.05) is 72.8 Å². The molecule has 1 atom stereocenters. The number of anilines is 1. The number of aliphatic hydroxyl groups excluding tert-OH is 1. The number of aliphatic hydroxyl groups is 1. The summed E-state index contributed by atoms with van der Waals surface area (Å²) in [6.07, 6.45) is 0.131. The van der Waals surface area contributed by atoms with Crippen molar-refractivity contribution in [3.63, 3.8) is 0 Å². The van der Waals surface area contributed by atoms with E-state index in [1.54, 1.807) is 24.3 Å². The summed E-state index contributed by atoms with van der Waals surface area (Å²) >= 11 is 1.30. The monoisotopic (exact) mass is 516 g/mol. The van der Waals surface area contributed by atoms with E-state index >= 15 is 0 Å². The van der Waals surface area contributed by atoms with Crippen LogP contribution in [0, 0.1) is 0 Å². The Kier molecular flexibility index (Phi) is 6.55. The van der Waals surface area contributed by atoms with E-state index in [0.717, 1.165) is 33.3 Å². The molecule has 0 aliphatic carbocycles. The third-order valence-corrected chi connectivity index (χ3v) is 8.16. The molecule has 0 amide bonds. The lowest BCUT2D eigenvalue weighted by molar-refractivity contribution is 0.141. The average molecular weight is 517 g/mol. The number of hydrogen-bond acceptors (Lipinski definition) is 8. The molecule has 0 bridgehead atoms. The molecule has 5 aromatic rings. The van der Waals surface area contributed by atoms with Crippen LogP contribution in [-0.2, 0) is 16.4 Å². The van der Waals surface area contributed by atoms with Gasteiger partial charge in [0.2, 0.25) is 0 Å². The van der Waals surface area contributed by atoms with Gasteiger partial charge in [-0.25, -0.2) is 8.42 Å². The Bertz CT molecular complexity index is 1620. The molecular formula is C27H24N4O3S2. The van der Waals surface area contributed by atoms with Gasteiger partial charge in [0.15, 0.2) is 9.84 Å². The number of sulfone groups is 1. The number of benzene rings is 3. The minimum absolute atomic E-state index is 0.252. The summed E-state index contributed by atoms with van der Waals surface area (Å²) in [6, 6.07) is 26.3. The first kappa shape index (κ1) is 24.1. The lowest BCUT2D eigenvalue weighted by atomic mass is 9.96. The van der Waals surface area contributed by atoms with Gasteiger partial charge in [0, 0.05) is 29.3 Å². The van der Waals surface area contributed by atoms with Crippen molar-refractivity contribution in [2.75, 3.05) is 12.0 Å². The SMILES string of the molecule is CS(=O)(=O)c1ccc(CNC(O)c2sc3nnc(-c4ccccc4)c(-c4ccccc4)c3c2N)cc1. The van der Waals surface area contributed by atoms with Gasteiger partial charge in [0.05, 0.1) is 15.5 Å². The zero-order valence-corrected chi connectivity index (χ0v) is 21.1. The fourth-order valence-corrected chi connectivity index (χ4v) is 5.71. The second kappa shape index (κ2) is 9.79. The molecule has 0 radical (unpaired) electrons. The number of nitrogen functional groups attached to an aromatic ring is 1. The van der Waals surface area contributed by atoms with Crippen LogP contribution in [0.1, 0.15) is 16.7 Å². The van der Waals surface area contributed by atoms with Gasteiger partial charge in [-0.15, -0.1) is 21.5 Å². The summed E-state index contributed by atoms with van der Waals surface area (Å²) < 4.78 is 23.4. The van der Waals surface area contributed by atoms with E-state index in [1.807, 2.05) is 60.7 Å². The molecule has 182 valence electrons. The smallest absolute Gasteiger partial charge is 0.175 e. The highest BCUT2D eigenvalue weighted by molar-refractivity contribution is 7.90. The molecule has 3 aromatic carbocycles. The number of thiophene rings is 1. The maximum atomic E-state index is 11.7. The highest BCUT2D eigenvalue weighted by Crippen LogP contribution is 2.44. The molecule has 5 rings (SSSR count). The number of aromatic nitrogens is 2. The van der Waals surface area contributed by atoms with Crippen molar-refractivity contribution in [2.24, 2.45) is 0 Å². The molecule has 0 spiro atoms. The van der Waals surface area contributed by atoms with E-state index < -0.39 is 16.1 Å². The molecule has 1 unspecified atom stereocenters. The van der Waals surface area contributed by atoms with Crippen molar-refractivity contribution in [2.45, 2.75) is 17.7 Å². The normalized spacial score (nSPS) is 12.6. The third-order valence-electron chi connectivity index (χ3n) is 5.89. The lowest BCUT2D eigenvalue weighted by Crippen LogP contribution is -2.20. The summed E-state index contributed by atoms with van der Waals surface area (Å²) in [7, 11) is -3.26. The van der Waals surface area contributed by atoms with Gasteiger partial charge < -0.3 is 10.8 Å². The Morgan fingerprint density at radius 3 is 2.14 bits per heavy atom. The van der Waals surface area contributed by atoms with Crippen LogP contribution >= 0.6 is 11.3 Å². The first-order valence-corrected chi connectivity index (χ1v) is 13.9. The van der Waals surface area contributed by atoms with Gasteiger partial charge in [-0.2, -0.15) is 0 Å². The van der Waals surface area contributed by atoms with Crippen LogP contribution in [0.3, 0.4) is 0 Å². The number of fused-ring (bicyclic) bond motifs is 1. The Morgan fingerprint density at radius 2 is 1.53 bits per heavy atom. The number of nitrogens with two attached hydrogens (primary N) is 1. The molecule has 0 aliphatic rings. The largest absolute Gasteiger partial charge is 0.397 e. The van der Waals surface area contributed by atoms with E-state index in [0.29, 0.717) is 21.9 Å². The number of hydrogen-bond donors (Lipinski definition) is 3. The summed E-state index contributed by atoms with van der Waals surface area (Å²) in [5, 5.41) is 23.8. The lowest BCUT2D eigenvalue weighted by Gasteiger charge is -2.13. The van der Waals surface area contributed by atoms with E-state index in [-0.39, 0.29) is 4.90 Å². The van der Waals surface area contributed by atoms with Crippen molar-refractivity contribution in [1.29, 1.82) is 0 Å². The summed E-state index contributed by atoms with van der Waals surface area (Å²) in [4.78, 5) is 1.44. The molecule has 0 aliphatic heterocycles. The average Bonchev–Trinajstić information content (AvgIpc) is 3.24. The molecule has 36 heavy (non-hydrogen) atoms. The fourth-order valence-electron chi connectivity index (χ4n) is 4.07. The second-order valence-corrected chi connectivity index (χ2v) is 11.5. The minimum Gasteiger partial charge on any atom is -0.397 e. The number of rotatable bonds is 7. The maximum Gasteiger partial charge on any atom is 0.175 e. The summed E-state index contributed by atoms with van der Waals surface area (Å²) in [5.41, 5.74) is 11.4. The molecule has 9 heteroatoms. The minimum atomic E-state index is -3.26. The molecular weight excluding hydrogens is 492 g/mol. The van der Waals surface area contributed by atoms with Gasteiger partial charge >= 0.3 is 0 Å². The predicted molar refractivity (Wildman–Crippen MR) is 144 cm³/mol. The zero-order valence-electron chi connectivity index (χ0n) is 19.4. The molecule has 0 saturated heterocycles. The quantitative estimate of drug-likeness (QED) is 0.266. The van der Waals surface area contributed by atoms with Gasteiger partial charge in [-0.3, -0.25) is 5.32 Å². The Balaban J connectivity index is 1.52. The Labute approximate surface area is 213 Å². The molecule has 2 heterocycles. The molecule has 2 aromatic heterocycles. The van der Waals surface area contributed by atoms with Gasteiger partial charge in [0.25, 0.3) is 0 Å². The van der Waals surface area contributed by atoms with Crippen molar-refractivity contribution >= 4 is 37.1 Å². The van der Waals surface area contributed by atoms with Crippen LogP contribution in [0.5, 0.6) is 0 Å². The molecule has 7 nitrogen and oxygen atoms in total. The summed E-state index contributed by atoms with van der Waals surface area (Å²) in [6.45, 7) is 0.325. The van der Waals surface area contributed by atoms with Crippen LogP contribution in [0.15, 0.2) is 89.8 Å². The maximum absolute atomic E-state index is 11.7. The molecule has 4 N–H and O–H groups in total. The second-order valence-electron chi connectivity index (χ2n) is 8.42. The topological polar surface area (TPSA) is 118 Å². The highest BCUT2D eigenvalue weighted by Gasteiger charge is 2.23. The highest BCUT2D eigenvalue weighted by atomic mass is 32.2. The van der Waals surface area contributed by atoms with Crippen LogP contribution in [0.4, 0.5) is 5.69 Å². The summed E-state index contributed by atoms with van der Waals surface area (Å²) in [5.74, 6) is 0. The fraction of sp³-hybridized carbons (Fsp3) is 0.111. The van der Waals surface area contributed by atoms with Crippen molar-refractivity contribution in [3.05, 3.63) is 95.4 Å². The standard InChI is InChI=1S/C27H24N4O3S2/c1-36(33,34)20-14-12-17(13-15-20)16-29-26(32)25-23(28)22-21(18-8-4-2-5-9-18)24(30-31-27(22)35-25)19-10-6-3-7-11-19/h2-15,26,29,32H,16,28H2,1H3. The van der Waals surface area contributed by atoms with E-state index in [9.17, 15) is 13.5 Å². The van der Waals surface area contributed by atoms with E-state index in [2.05, 4.69) is 15.5 Å². The van der Waals surface area contributed by atoms with Crippen molar-refractivity contribution < 1.29 is 13.5 Å².